The topological polar surface area (TPSA) is 69.7 Å². The lowest BCUT2D eigenvalue weighted by Crippen LogP contribution is -2.42. The molecule has 2 rings (SSSR count). The van der Waals surface area contributed by atoms with E-state index in [4.69, 9.17) is 9.47 Å². The molecule has 0 N–H and O–H groups in total. The van der Waals surface area contributed by atoms with Crippen LogP contribution in [-0.2, 0) is 20.7 Å². The van der Waals surface area contributed by atoms with Crippen LogP contribution in [0.1, 0.15) is 56.5 Å². The Bertz CT molecular complexity index is 683. The Morgan fingerprint density at radius 3 is 2.46 bits per heavy atom. The van der Waals surface area contributed by atoms with Crippen LogP contribution in [0.2, 0.25) is 0 Å². The van der Waals surface area contributed by atoms with E-state index in [0.29, 0.717) is 11.3 Å². The summed E-state index contributed by atoms with van der Waals surface area (Å²) in [5, 5.41) is 0. The van der Waals surface area contributed by atoms with Crippen molar-refractivity contribution < 1.29 is 23.9 Å². The normalized spacial score (nSPS) is 19.8. The molecule has 5 nitrogen and oxygen atoms in total. The summed E-state index contributed by atoms with van der Waals surface area (Å²) in [6, 6.07) is 5.21. The highest BCUT2D eigenvalue weighted by molar-refractivity contribution is 6.16. The van der Waals surface area contributed by atoms with Gasteiger partial charge < -0.3 is 14.3 Å². The van der Waals surface area contributed by atoms with Gasteiger partial charge >= 0.3 is 5.97 Å². The van der Waals surface area contributed by atoms with Crippen LogP contribution in [0.4, 0.5) is 0 Å². The predicted molar refractivity (Wildman–Crippen MR) is 89.2 cm³/mol. The van der Waals surface area contributed by atoms with Crippen molar-refractivity contribution in [3.63, 3.8) is 0 Å². The van der Waals surface area contributed by atoms with Crippen molar-refractivity contribution in [1.29, 1.82) is 0 Å². The maximum Gasteiger partial charge on any atom is 0.320 e. The van der Waals surface area contributed by atoms with E-state index >= 15 is 0 Å². The molecule has 0 bridgehead atoms. The number of carbonyl (C=O) groups excluding carboxylic acids is 3. The third-order valence-electron chi connectivity index (χ3n) is 4.18. The number of fused-ring (bicyclic) bond motifs is 1. The zero-order valence-corrected chi connectivity index (χ0v) is 14.9. The van der Waals surface area contributed by atoms with Crippen LogP contribution in [0.3, 0.4) is 0 Å². The Morgan fingerprint density at radius 1 is 1.25 bits per heavy atom. The number of ether oxygens (including phenoxy) is 2. The van der Waals surface area contributed by atoms with Gasteiger partial charge in [-0.05, 0) is 58.2 Å². The molecule has 1 atom stereocenters. The molecule has 0 aromatic heterocycles. The first kappa shape index (κ1) is 18.2. The first-order chi connectivity index (χ1) is 11.1. The molecular formula is C19H24O5. The largest absolute Gasteiger partial charge is 0.497 e. The van der Waals surface area contributed by atoms with E-state index in [0.717, 1.165) is 5.56 Å². The van der Waals surface area contributed by atoms with Crippen molar-refractivity contribution in [3.05, 3.63) is 29.3 Å². The summed E-state index contributed by atoms with van der Waals surface area (Å²) in [7, 11) is 1.53. The van der Waals surface area contributed by atoms with Crippen LogP contribution >= 0.6 is 0 Å². The standard InChI is InChI=1S/C19H24O5/c1-12(20)8-9-19(17(22)24-18(2,3)4)11-13-6-7-14(23-5)10-15(13)16(19)21/h6-7,10H,8-9,11H2,1-5H3. The predicted octanol–water partition coefficient (Wildman–Crippen LogP) is 3.13. The Hall–Kier alpha value is -2.17. The van der Waals surface area contributed by atoms with Gasteiger partial charge in [0.05, 0.1) is 7.11 Å². The molecule has 1 aromatic carbocycles. The molecule has 0 saturated heterocycles. The van der Waals surface area contributed by atoms with E-state index in [2.05, 4.69) is 0 Å². The Balaban J connectivity index is 2.43. The average molecular weight is 332 g/mol. The number of esters is 1. The van der Waals surface area contributed by atoms with Gasteiger partial charge in [0.25, 0.3) is 0 Å². The average Bonchev–Trinajstić information content (AvgIpc) is 2.77. The molecule has 0 amide bonds. The molecule has 130 valence electrons. The highest BCUT2D eigenvalue weighted by Crippen LogP contribution is 2.43. The summed E-state index contributed by atoms with van der Waals surface area (Å²) in [5.74, 6) is -0.337. The Labute approximate surface area is 142 Å². The third kappa shape index (κ3) is 3.50. The number of rotatable bonds is 5. The molecule has 0 fully saturated rings. The molecule has 1 unspecified atom stereocenters. The van der Waals surface area contributed by atoms with Gasteiger partial charge in [0, 0.05) is 12.0 Å². The quantitative estimate of drug-likeness (QED) is 0.612. The van der Waals surface area contributed by atoms with Crippen LogP contribution in [0.15, 0.2) is 18.2 Å². The lowest BCUT2D eigenvalue weighted by atomic mass is 9.78. The van der Waals surface area contributed by atoms with Crippen LogP contribution in [-0.4, -0.2) is 30.2 Å². The third-order valence-corrected chi connectivity index (χ3v) is 4.18. The maximum atomic E-state index is 13.1. The van der Waals surface area contributed by atoms with Crippen molar-refractivity contribution in [2.45, 2.75) is 52.6 Å². The minimum atomic E-state index is -1.33. The zero-order valence-electron chi connectivity index (χ0n) is 14.9. The van der Waals surface area contributed by atoms with Gasteiger partial charge in [0.2, 0.25) is 0 Å². The van der Waals surface area contributed by atoms with Gasteiger partial charge in [-0.15, -0.1) is 0 Å². The van der Waals surface area contributed by atoms with Crippen LogP contribution in [0.5, 0.6) is 5.75 Å². The minimum Gasteiger partial charge on any atom is -0.497 e. The van der Waals surface area contributed by atoms with E-state index in [1.54, 1.807) is 39.0 Å². The van der Waals surface area contributed by atoms with E-state index in [-0.39, 0.29) is 30.8 Å². The van der Waals surface area contributed by atoms with E-state index < -0.39 is 17.0 Å². The van der Waals surface area contributed by atoms with Gasteiger partial charge in [0.15, 0.2) is 5.78 Å². The van der Waals surface area contributed by atoms with Crippen molar-refractivity contribution in [1.82, 2.24) is 0 Å². The number of Topliss-reactive ketones (excluding diaryl/α,β-unsaturated/α-hetero) is 2. The second-order valence-electron chi connectivity index (χ2n) is 7.31. The Kier molecular flexibility index (Phi) is 4.83. The molecule has 0 radical (unpaired) electrons. The first-order valence-corrected chi connectivity index (χ1v) is 8.04. The van der Waals surface area contributed by atoms with E-state index in [1.807, 2.05) is 0 Å². The van der Waals surface area contributed by atoms with Gasteiger partial charge in [-0.2, -0.15) is 0 Å². The number of hydrogen-bond acceptors (Lipinski definition) is 5. The molecular weight excluding hydrogens is 308 g/mol. The van der Waals surface area contributed by atoms with Gasteiger partial charge in [-0.25, -0.2) is 0 Å². The number of ketones is 2. The molecule has 0 aliphatic heterocycles. The van der Waals surface area contributed by atoms with E-state index in [9.17, 15) is 14.4 Å². The SMILES string of the molecule is COc1ccc2c(c1)C(=O)C(CCC(C)=O)(C(=O)OC(C)(C)C)C2. The highest BCUT2D eigenvalue weighted by atomic mass is 16.6. The van der Waals surface area contributed by atoms with Crippen LogP contribution < -0.4 is 4.74 Å². The van der Waals surface area contributed by atoms with Crippen molar-refractivity contribution in [2.24, 2.45) is 5.41 Å². The highest BCUT2D eigenvalue weighted by Gasteiger charge is 2.53. The lowest BCUT2D eigenvalue weighted by molar-refractivity contribution is -0.164. The van der Waals surface area contributed by atoms with Crippen LogP contribution in [0, 0.1) is 5.41 Å². The molecule has 0 saturated carbocycles. The summed E-state index contributed by atoms with van der Waals surface area (Å²) in [4.78, 5) is 37.3. The zero-order chi connectivity index (χ0) is 18.1. The fourth-order valence-electron chi connectivity index (χ4n) is 2.95. The maximum absolute atomic E-state index is 13.1. The smallest absolute Gasteiger partial charge is 0.320 e. The molecule has 5 heteroatoms. The van der Waals surface area contributed by atoms with Gasteiger partial charge in [-0.3, -0.25) is 9.59 Å². The molecule has 0 spiro atoms. The number of benzene rings is 1. The number of carbonyl (C=O) groups is 3. The molecule has 1 aliphatic carbocycles. The summed E-state index contributed by atoms with van der Waals surface area (Å²) in [6.07, 6.45) is 0.580. The van der Waals surface area contributed by atoms with Crippen molar-refractivity contribution in [3.8, 4) is 5.75 Å². The lowest BCUT2D eigenvalue weighted by Gasteiger charge is -2.29. The van der Waals surface area contributed by atoms with Crippen LogP contribution in [0.25, 0.3) is 0 Å². The fraction of sp³-hybridized carbons (Fsp3) is 0.526. The number of methoxy groups -OCH3 is 1. The molecule has 24 heavy (non-hydrogen) atoms. The summed E-state index contributed by atoms with van der Waals surface area (Å²) in [5.41, 5.74) is -0.764. The van der Waals surface area contributed by atoms with Crippen molar-refractivity contribution in [2.75, 3.05) is 7.11 Å². The fourth-order valence-corrected chi connectivity index (χ4v) is 2.95. The minimum absolute atomic E-state index is 0.0562. The number of hydrogen-bond donors (Lipinski definition) is 0. The first-order valence-electron chi connectivity index (χ1n) is 8.04. The summed E-state index contributed by atoms with van der Waals surface area (Å²) >= 11 is 0. The second kappa shape index (κ2) is 6.38. The molecule has 1 aliphatic rings. The van der Waals surface area contributed by atoms with Gasteiger partial charge in [-0.1, -0.05) is 6.07 Å². The summed E-state index contributed by atoms with van der Waals surface area (Å²) in [6.45, 7) is 6.75. The molecule has 0 heterocycles. The monoisotopic (exact) mass is 332 g/mol. The summed E-state index contributed by atoms with van der Waals surface area (Å²) < 4.78 is 10.7. The Morgan fingerprint density at radius 2 is 1.92 bits per heavy atom. The van der Waals surface area contributed by atoms with Gasteiger partial charge in [0.1, 0.15) is 22.5 Å². The van der Waals surface area contributed by atoms with Crippen molar-refractivity contribution >= 4 is 17.5 Å². The second-order valence-corrected chi connectivity index (χ2v) is 7.31. The van der Waals surface area contributed by atoms with E-state index in [1.165, 1.54) is 14.0 Å². The molecule has 1 aromatic rings.